The molecular weight excluding hydrogens is 537 g/mol. The second-order valence-electron chi connectivity index (χ2n) is 9.99. The Kier molecular flexibility index (Phi) is 7.75. The van der Waals surface area contributed by atoms with Crippen LogP contribution in [0.1, 0.15) is 30.4 Å². The number of ether oxygens (including phenoxy) is 1. The van der Waals surface area contributed by atoms with E-state index in [1.165, 1.54) is 12.1 Å². The Morgan fingerprint density at radius 1 is 1.14 bits per heavy atom. The number of aryl methyl sites for hydroxylation is 2. The van der Waals surface area contributed by atoms with Crippen molar-refractivity contribution in [3.8, 4) is 11.6 Å². The number of anilines is 2. The van der Waals surface area contributed by atoms with Gasteiger partial charge in [-0.25, -0.2) is 24.5 Å². The third-order valence-electron chi connectivity index (χ3n) is 7.01. The van der Waals surface area contributed by atoms with E-state index < -0.39 is 0 Å². The summed E-state index contributed by atoms with van der Waals surface area (Å²) in [5.74, 6) is 2.41. The first-order valence-corrected chi connectivity index (χ1v) is 13.7. The van der Waals surface area contributed by atoms with Crippen LogP contribution in [0.25, 0.3) is 18.0 Å². The van der Waals surface area contributed by atoms with Gasteiger partial charge >= 0.3 is 0 Å². The summed E-state index contributed by atoms with van der Waals surface area (Å²) in [7, 11) is 1.62. The van der Waals surface area contributed by atoms with Crippen molar-refractivity contribution >= 4 is 30.0 Å². The third kappa shape index (κ3) is 5.78. The smallest absolute Gasteiger partial charge is 0.229 e. The van der Waals surface area contributed by atoms with E-state index in [1.54, 1.807) is 38.0 Å². The van der Waals surface area contributed by atoms with Gasteiger partial charge in [0.1, 0.15) is 12.1 Å². The quantitative estimate of drug-likeness (QED) is 0.372. The van der Waals surface area contributed by atoms with Gasteiger partial charge in [-0.05, 0) is 74.4 Å². The third-order valence-corrected chi connectivity index (χ3v) is 7.01. The predicted molar refractivity (Wildman–Crippen MR) is 159 cm³/mol. The van der Waals surface area contributed by atoms with Crippen molar-refractivity contribution < 1.29 is 9.13 Å². The summed E-state index contributed by atoms with van der Waals surface area (Å²) in [6.45, 7) is 5.64. The lowest BCUT2D eigenvalue weighted by atomic mass is 10.1. The summed E-state index contributed by atoms with van der Waals surface area (Å²) < 4.78 is 22.7. The van der Waals surface area contributed by atoms with Crippen molar-refractivity contribution in [1.82, 2.24) is 45.1 Å². The van der Waals surface area contributed by atoms with Crippen LogP contribution in [0.15, 0.2) is 66.3 Å². The van der Waals surface area contributed by atoms with Crippen molar-refractivity contribution in [3.63, 3.8) is 0 Å². The zero-order chi connectivity index (χ0) is 29.1. The molecule has 4 aromatic rings. The Morgan fingerprint density at radius 2 is 2.00 bits per heavy atom. The van der Waals surface area contributed by atoms with Gasteiger partial charge in [-0.1, -0.05) is 0 Å². The molecule has 0 radical (unpaired) electrons. The molecule has 13 heteroatoms. The number of halogens is 1. The maximum Gasteiger partial charge on any atom is 0.229 e. The van der Waals surface area contributed by atoms with Gasteiger partial charge in [0.05, 0.1) is 19.5 Å². The fraction of sp³-hybridized carbons (Fsp3) is 0.276. The van der Waals surface area contributed by atoms with Gasteiger partial charge in [-0.15, -0.1) is 5.10 Å². The van der Waals surface area contributed by atoms with E-state index in [0.29, 0.717) is 17.4 Å². The maximum atomic E-state index is 13.4. The normalized spacial score (nSPS) is 19.0. The van der Waals surface area contributed by atoms with Crippen molar-refractivity contribution in [1.29, 1.82) is 0 Å². The SMILES string of the molecule is C1=CN2NCNC2N=C1.COc1cc(C=Cc2nc3n(n2)CC[C@H](C)N3c2ccc(F)cc2)cnc1-n1cnc(C)c1. The minimum atomic E-state index is -0.258. The Balaban J connectivity index is 0.000000296. The van der Waals surface area contributed by atoms with Gasteiger partial charge in [0.25, 0.3) is 0 Å². The molecule has 216 valence electrons. The summed E-state index contributed by atoms with van der Waals surface area (Å²) in [6.07, 6.45) is 15.8. The number of hydrogen-bond donors (Lipinski definition) is 2. The minimum Gasteiger partial charge on any atom is -0.493 e. The zero-order valence-corrected chi connectivity index (χ0v) is 23.6. The summed E-state index contributed by atoms with van der Waals surface area (Å²) >= 11 is 0. The first kappa shape index (κ1) is 27.3. The summed E-state index contributed by atoms with van der Waals surface area (Å²) in [5, 5.41) is 9.70. The summed E-state index contributed by atoms with van der Waals surface area (Å²) in [5.41, 5.74) is 5.74. The number of nitrogens with one attached hydrogen (secondary N) is 2. The van der Waals surface area contributed by atoms with Gasteiger partial charge in [0.2, 0.25) is 5.95 Å². The highest BCUT2D eigenvalue weighted by atomic mass is 19.1. The molecular formula is C29H32FN11O. The zero-order valence-electron chi connectivity index (χ0n) is 23.6. The van der Waals surface area contributed by atoms with Crippen LogP contribution in [0.3, 0.4) is 0 Å². The Morgan fingerprint density at radius 3 is 2.76 bits per heavy atom. The molecule has 0 spiro atoms. The molecule has 42 heavy (non-hydrogen) atoms. The molecule has 2 N–H and O–H groups in total. The number of rotatable bonds is 5. The summed E-state index contributed by atoms with van der Waals surface area (Å²) in [6, 6.07) is 8.62. The number of benzene rings is 1. The number of aliphatic imine (C=N–C) groups is 1. The van der Waals surface area contributed by atoms with Crippen LogP contribution in [0.5, 0.6) is 5.75 Å². The number of hydrazine groups is 1. The standard InChI is InChI=1S/C24H24FN7O.C5H8N4/c1-16-14-30(15-27-16)23-21(33-3)12-18(13-26-23)4-9-22-28-24-31(29-22)11-10-17(2)32(24)20-7-5-19(25)6-8-20;1-2-6-5-7-4-8-9(5)3-1/h4-9,12-15,17H,10-11H2,1-3H3;1-3,5,7-8H,4H2/t17-;/m0./s1. The van der Waals surface area contributed by atoms with E-state index in [-0.39, 0.29) is 18.1 Å². The Hall–Kier alpha value is -4.88. The molecule has 0 aliphatic carbocycles. The van der Waals surface area contributed by atoms with Gasteiger partial charge in [0.15, 0.2) is 23.7 Å². The average molecular weight is 570 g/mol. The van der Waals surface area contributed by atoms with Crippen LogP contribution in [-0.4, -0.2) is 66.6 Å². The lowest BCUT2D eigenvalue weighted by molar-refractivity contribution is 0.270. The topological polar surface area (TPSA) is 114 Å². The van der Waals surface area contributed by atoms with Gasteiger partial charge < -0.3 is 9.64 Å². The van der Waals surface area contributed by atoms with E-state index in [0.717, 1.165) is 42.5 Å². The molecule has 7 rings (SSSR count). The first-order valence-electron chi connectivity index (χ1n) is 13.7. The fourth-order valence-corrected chi connectivity index (χ4v) is 4.89. The highest BCUT2D eigenvalue weighted by Gasteiger charge is 2.27. The van der Waals surface area contributed by atoms with Crippen molar-refractivity contribution in [2.75, 3.05) is 18.7 Å². The molecule has 1 saturated heterocycles. The number of pyridine rings is 1. The van der Waals surface area contributed by atoms with Gasteiger partial charge in [-0.3, -0.25) is 19.9 Å². The van der Waals surface area contributed by atoms with Crippen molar-refractivity contribution in [2.24, 2.45) is 4.99 Å². The molecule has 3 aliphatic heterocycles. The van der Waals surface area contributed by atoms with E-state index in [9.17, 15) is 4.39 Å². The first-order chi connectivity index (χ1) is 20.5. The monoisotopic (exact) mass is 569 g/mol. The highest BCUT2D eigenvalue weighted by molar-refractivity contribution is 5.72. The van der Waals surface area contributed by atoms with Crippen LogP contribution in [-0.2, 0) is 6.54 Å². The van der Waals surface area contributed by atoms with Crippen LogP contribution < -0.4 is 20.4 Å². The van der Waals surface area contributed by atoms with E-state index in [2.05, 4.69) is 42.6 Å². The van der Waals surface area contributed by atoms with Crippen molar-refractivity contribution in [3.05, 3.63) is 84.2 Å². The van der Waals surface area contributed by atoms with Gasteiger partial charge in [-0.2, -0.15) is 4.98 Å². The molecule has 0 saturated carbocycles. The fourth-order valence-electron chi connectivity index (χ4n) is 4.89. The Labute approximate surface area is 242 Å². The maximum absolute atomic E-state index is 13.4. The van der Waals surface area contributed by atoms with E-state index in [1.807, 2.05) is 57.9 Å². The molecule has 1 aromatic carbocycles. The second-order valence-corrected chi connectivity index (χ2v) is 9.99. The number of allylic oxidation sites excluding steroid dienone is 1. The van der Waals surface area contributed by atoms with Gasteiger partial charge in [0, 0.05) is 43.1 Å². The molecule has 3 aromatic heterocycles. The number of hydrogen-bond acceptors (Lipinski definition) is 10. The summed E-state index contributed by atoms with van der Waals surface area (Å²) in [4.78, 5) is 19.8. The molecule has 12 nitrogen and oxygen atoms in total. The van der Waals surface area contributed by atoms with E-state index >= 15 is 0 Å². The lowest BCUT2D eigenvalue weighted by Gasteiger charge is -2.34. The largest absolute Gasteiger partial charge is 0.493 e. The van der Waals surface area contributed by atoms with Crippen LogP contribution in [0, 0.1) is 12.7 Å². The average Bonchev–Trinajstić information content (AvgIpc) is 3.76. The Bertz CT molecular complexity index is 1610. The number of methoxy groups -OCH3 is 1. The van der Waals surface area contributed by atoms with Crippen LogP contribution in [0.4, 0.5) is 16.0 Å². The minimum absolute atomic E-state index is 0.120. The lowest BCUT2D eigenvalue weighted by Crippen LogP contribution is -2.36. The number of aromatic nitrogens is 6. The van der Waals surface area contributed by atoms with E-state index in [4.69, 9.17) is 9.72 Å². The predicted octanol–water partition coefficient (Wildman–Crippen LogP) is 3.65. The molecule has 1 fully saturated rings. The van der Waals surface area contributed by atoms with Crippen molar-refractivity contribution in [2.45, 2.75) is 39.1 Å². The molecule has 2 atom stereocenters. The highest BCUT2D eigenvalue weighted by Crippen LogP contribution is 2.32. The molecule has 1 unspecified atom stereocenters. The molecule has 0 amide bonds. The van der Waals surface area contributed by atoms with Crippen LogP contribution >= 0.6 is 0 Å². The molecule has 3 aliphatic rings. The van der Waals surface area contributed by atoms with Crippen LogP contribution in [0.2, 0.25) is 0 Å². The number of nitrogens with zero attached hydrogens (tertiary/aromatic N) is 9. The molecule has 0 bridgehead atoms. The number of imidazole rings is 1. The molecule has 6 heterocycles. The second kappa shape index (κ2) is 11.9. The number of fused-ring (bicyclic) bond motifs is 2.